The van der Waals surface area contributed by atoms with Crippen LogP contribution < -0.4 is 0 Å². The van der Waals surface area contributed by atoms with Crippen molar-refractivity contribution in [1.29, 1.82) is 0 Å². The Morgan fingerprint density at radius 1 is 1.21 bits per heavy atom. The summed E-state index contributed by atoms with van der Waals surface area (Å²) in [6, 6.07) is 10.2. The Bertz CT molecular complexity index is 722. The molecule has 1 aromatic heterocycles. The van der Waals surface area contributed by atoms with E-state index in [0.717, 1.165) is 49.7 Å². The number of aromatic amines is 1. The van der Waals surface area contributed by atoms with Gasteiger partial charge in [0.05, 0.1) is 19.3 Å². The number of rotatable bonds is 4. The third-order valence-corrected chi connectivity index (χ3v) is 4.92. The summed E-state index contributed by atoms with van der Waals surface area (Å²) in [5, 5.41) is 7.22. The predicted octanol–water partition coefficient (Wildman–Crippen LogP) is 1.60. The van der Waals surface area contributed by atoms with Gasteiger partial charge in [0.25, 0.3) is 5.91 Å². The van der Waals surface area contributed by atoms with Gasteiger partial charge in [0.2, 0.25) is 0 Å². The summed E-state index contributed by atoms with van der Waals surface area (Å²) in [7, 11) is 0. The second-order valence-corrected chi connectivity index (χ2v) is 6.38. The van der Waals surface area contributed by atoms with Gasteiger partial charge in [-0.1, -0.05) is 30.3 Å². The summed E-state index contributed by atoms with van der Waals surface area (Å²) < 4.78 is 5.40. The van der Waals surface area contributed by atoms with Crippen molar-refractivity contribution in [1.82, 2.24) is 20.0 Å². The summed E-state index contributed by atoms with van der Waals surface area (Å²) in [6.45, 7) is 6.97. The van der Waals surface area contributed by atoms with Crippen LogP contribution >= 0.6 is 0 Å². The highest BCUT2D eigenvalue weighted by atomic mass is 16.5. The molecule has 1 atom stereocenters. The van der Waals surface area contributed by atoms with Gasteiger partial charge in [-0.3, -0.25) is 14.8 Å². The largest absolute Gasteiger partial charge is 0.379 e. The van der Waals surface area contributed by atoms with Crippen molar-refractivity contribution < 1.29 is 9.53 Å². The van der Waals surface area contributed by atoms with E-state index in [1.165, 1.54) is 0 Å². The maximum atomic E-state index is 12.9. The fourth-order valence-electron chi connectivity index (χ4n) is 3.63. The summed E-state index contributed by atoms with van der Waals surface area (Å²) in [5.41, 5.74) is 3.70. The summed E-state index contributed by atoms with van der Waals surface area (Å²) >= 11 is 0. The molecule has 126 valence electrons. The van der Waals surface area contributed by atoms with Crippen molar-refractivity contribution in [3.8, 4) is 0 Å². The zero-order valence-corrected chi connectivity index (χ0v) is 13.9. The second-order valence-electron chi connectivity index (χ2n) is 6.38. The van der Waals surface area contributed by atoms with Crippen molar-refractivity contribution in [2.45, 2.75) is 13.0 Å². The highest BCUT2D eigenvalue weighted by Crippen LogP contribution is 2.38. The van der Waals surface area contributed by atoms with E-state index in [2.05, 4.69) is 27.2 Å². The molecule has 0 spiro atoms. The number of nitrogens with zero attached hydrogens (tertiary/aromatic N) is 3. The Hall–Kier alpha value is -2.18. The standard InChI is InChI=1S/C18H22N4O2/c1-13-15-16(20-19-13)18(23)22(8-7-21-9-11-24-12-10-21)17(15)14-5-3-2-4-6-14/h2-6,17H,7-12H2,1H3,(H,19,20)/t17-/m1/s1. The van der Waals surface area contributed by atoms with Crippen LogP contribution in [-0.2, 0) is 4.74 Å². The van der Waals surface area contributed by atoms with Gasteiger partial charge < -0.3 is 9.64 Å². The van der Waals surface area contributed by atoms with Gasteiger partial charge in [-0.2, -0.15) is 5.10 Å². The van der Waals surface area contributed by atoms with Crippen molar-refractivity contribution in [3.05, 3.63) is 52.8 Å². The first kappa shape index (κ1) is 15.4. The van der Waals surface area contributed by atoms with Gasteiger partial charge in [-0.05, 0) is 12.5 Å². The number of nitrogens with one attached hydrogen (secondary N) is 1. The number of hydrogen-bond acceptors (Lipinski definition) is 4. The second kappa shape index (κ2) is 6.37. The van der Waals surface area contributed by atoms with Gasteiger partial charge in [-0.15, -0.1) is 0 Å². The lowest BCUT2D eigenvalue weighted by Gasteiger charge is -2.31. The third-order valence-electron chi connectivity index (χ3n) is 4.92. The molecule has 1 N–H and O–H groups in total. The maximum Gasteiger partial charge on any atom is 0.275 e. The van der Waals surface area contributed by atoms with Gasteiger partial charge in [0.15, 0.2) is 5.69 Å². The van der Waals surface area contributed by atoms with E-state index in [0.29, 0.717) is 12.2 Å². The molecule has 1 amide bonds. The van der Waals surface area contributed by atoms with Crippen LogP contribution in [0.5, 0.6) is 0 Å². The molecule has 24 heavy (non-hydrogen) atoms. The highest BCUT2D eigenvalue weighted by Gasteiger charge is 2.41. The van der Waals surface area contributed by atoms with Gasteiger partial charge >= 0.3 is 0 Å². The van der Waals surface area contributed by atoms with E-state index in [9.17, 15) is 4.79 Å². The van der Waals surface area contributed by atoms with Crippen LogP contribution in [-0.4, -0.2) is 65.3 Å². The average Bonchev–Trinajstić information content (AvgIpc) is 3.13. The molecule has 3 heterocycles. The Labute approximate surface area is 141 Å². The molecular formula is C18H22N4O2. The zero-order valence-electron chi connectivity index (χ0n) is 13.9. The van der Waals surface area contributed by atoms with Crippen LogP contribution in [0.2, 0.25) is 0 Å². The van der Waals surface area contributed by atoms with Gasteiger partial charge in [-0.25, -0.2) is 0 Å². The number of ether oxygens (including phenoxy) is 1. The lowest BCUT2D eigenvalue weighted by Crippen LogP contribution is -2.42. The molecule has 1 fully saturated rings. The molecule has 2 aliphatic rings. The Kier molecular flexibility index (Phi) is 4.08. The number of carbonyl (C=O) groups excluding carboxylic acids is 1. The zero-order chi connectivity index (χ0) is 16.5. The fourth-order valence-corrected chi connectivity index (χ4v) is 3.63. The lowest BCUT2D eigenvalue weighted by atomic mass is 9.99. The molecule has 1 aromatic carbocycles. The number of amides is 1. The van der Waals surface area contributed by atoms with E-state index in [4.69, 9.17) is 4.74 Å². The first-order valence-electron chi connectivity index (χ1n) is 8.46. The smallest absolute Gasteiger partial charge is 0.275 e. The number of aryl methyl sites for hydroxylation is 1. The lowest BCUT2D eigenvalue weighted by molar-refractivity contribution is 0.0316. The molecule has 0 unspecified atom stereocenters. The topological polar surface area (TPSA) is 61.5 Å². The fraction of sp³-hybridized carbons (Fsp3) is 0.444. The maximum absolute atomic E-state index is 12.9. The summed E-state index contributed by atoms with van der Waals surface area (Å²) in [4.78, 5) is 17.2. The van der Waals surface area contributed by atoms with E-state index in [1.54, 1.807) is 0 Å². The normalized spacial score (nSPS) is 21.3. The molecule has 6 nitrogen and oxygen atoms in total. The molecule has 2 aromatic rings. The summed E-state index contributed by atoms with van der Waals surface area (Å²) in [5.74, 6) is 0.0245. The number of benzene rings is 1. The molecular weight excluding hydrogens is 304 g/mol. The van der Waals surface area contributed by atoms with Gasteiger partial charge in [0, 0.05) is 37.4 Å². The SMILES string of the molecule is Cc1[nH]nc2c1[C@@H](c1ccccc1)N(CCN1CCOCC1)C2=O. The van der Waals surface area contributed by atoms with Crippen molar-refractivity contribution >= 4 is 5.91 Å². The highest BCUT2D eigenvalue weighted by molar-refractivity contribution is 5.98. The number of fused-ring (bicyclic) bond motifs is 1. The van der Waals surface area contributed by atoms with Crippen LogP contribution in [0.3, 0.4) is 0 Å². The molecule has 2 aliphatic heterocycles. The molecule has 0 saturated carbocycles. The number of carbonyl (C=O) groups is 1. The first-order valence-corrected chi connectivity index (χ1v) is 8.46. The van der Waals surface area contributed by atoms with Gasteiger partial charge in [0.1, 0.15) is 0 Å². The predicted molar refractivity (Wildman–Crippen MR) is 89.9 cm³/mol. The van der Waals surface area contributed by atoms with Crippen molar-refractivity contribution in [3.63, 3.8) is 0 Å². The molecule has 1 saturated heterocycles. The van der Waals surface area contributed by atoms with E-state index < -0.39 is 0 Å². The number of aromatic nitrogens is 2. The minimum Gasteiger partial charge on any atom is -0.379 e. The molecule has 0 aliphatic carbocycles. The first-order chi connectivity index (χ1) is 11.8. The number of morpholine rings is 1. The molecule has 0 radical (unpaired) electrons. The van der Waals surface area contributed by atoms with E-state index in [1.807, 2.05) is 30.0 Å². The minimum absolute atomic E-state index is 0.0245. The van der Waals surface area contributed by atoms with Crippen LogP contribution in [0, 0.1) is 6.92 Å². The monoisotopic (exact) mass is 326 g/mol. The number of hydrogen-bond donors (Lipinski definition) is 1. The number of H-pyrrole nitrogens is 1. The van der Waals surface area contributed by atoms with Crippen LogP contribution in [0.15, 0.2) is 30.3 Å². The average molecular weight is 326 g/mol. The van der Waals surface area contributed by atoms with Crippen LogP contribution in [0.4, 0.5) is 0 Å². The Balaban J connectivity index is 1.61. The van der Waals surface area contributed by atoms with Crippen molar-refractivity contribution in [2.24, 2.45) is 0 Å². The van der Waals surface area contributed by atoms with E-state index >= 15 is 0 Å². The quantitative estimate of drug-likeness (QED) is 0.927. The van der Waals surface area contributed by atoms with Crippen molar-refractivity contribution in [2.75, 3.05) is 39.4 Å². The Morgan fingerprint density at radius 2 is 1.96 bits per heavy atom. The van der Waals surface area contributed by atoms with E-state index in [-0.39, 0.29) is 11.9 Å². The van der Waals surface area contributed by atoms with Crippen LogP contribution in [0.1, 0.15) is 33.4 Å². The Morgan fingerprint density at radius 3 is 2.71 bits per heavy atom. The third kappa shape index (κ3) is 2.61. The molecule has 0 bridgehead atoms. The molecule has 6 heteroatoms. The minimum atomic E-state index is -0.0477. The summed E-state index contributed by atoms with van der Waals surface area (Å²) in [6.07, 6.45) is 0. The molecule has 4 rings (SSSR count). The van der Waals surface area contributed by atoms with Crippen LogP contribution in [0.25, 0.3) is 0 Å².